The summed E-state index contributed by atoms with van der Waals surface area (Å²) in [7, 11) is 0. The van der Waals surface area contributed by atoms with Gasteiger partial charge in [-0.25, -0.2) is 0 Å². The lowest BCUT2D eigenvalue weighted by Gasteiger charge is -2.11. The van der Waals surface area contributed by atoms with Crippen LogP contribution in [0.1, 0.15) is 0 Å². The standard InChI is InChI=1S/C51H34N4/c1-4-10-36(11-5-1)47-25-18-41(32-52-47)35-16-23-44(24-17-35)55-50-28-21-39(42-19-26-48(53-33-42)37-12-6-2-7-13-37)30-45(50)46-31-40(22-29-51(46)55)43-20-27-49(54-34-43)38-14-8-3-9-15-38/h1-34H. The van der Waals surface area contributed by atoms with E-state index in [9.17, 15) is 0 Å². The number of rotatable bonds is 7. The van der Waals surface area contributed by atoms with Gasteiger partial charge < -0.3 is 4.57 Å². The molecule has 55 heavy (non-hydrogen) atoms. The highest BCUT2D eigenvalue weighted by atomic mass is 15.0. The van der Waals surface area contributed by atoms with Gasteiger partial charge in [0.15, 0.2) is 0 Å². The number of hydrogen-bond donors (Lipinski definition) is 0. The highest BCUT2D eigenvalue weighted by Crippen LogP contribution is 2.38. The van der Waals surface area contributed by atoms with Crippen LogP contribution in [-0.4, -0.2) is 19.5 Å². The third kappa shape index (κ3) is 6.16. The van der Waals surface area contributed by atoms with E-state index in [1.165, 1.54) is 10.8 Å². The summed E-state index contributed by atoms with van der Waals surface area (Å²) in [6.07, 6.45) is 5.92. The first-order valence-corrected chi connectivity index (χ1v) is 18.5. The molecule has 0 N–H and O–H groups in total. The van der Waals surface area contributed by atoms with Crippen LogP contribution in [0.5, 0.6) is 0 Å². The number of hydrogen-bond acceptors (Lipinski definition) is 3. The molecule has 0 saturated heterocycles. The molecule has 6 aromatic carbocycles. The number of pyridine rings is 3. The molecule has 0 aliphatic heterocycles. The Kier molecular flexibility index (Phi) is 8.12. The van der Waals surface area contributed by atoms with Gasteiger partial charge in [0.05, 0.1) is 28.1 Å². The van der Waals surface area contributed by atoms with Gasteiger partial charge >= 0.3 is 0 Å². The molecule has 0 aliphatic rings. The van der Waals surface area contributed by atoms with Gasteiger partial charge in [0, 0.05) is 68.4 Å². The fourth-order valence-electron chi connectivity index (χ4n) is 7.50. The summed E-state index contributed by atoms with van der Waals surface area (Å²) in [6.45, 7) is 0. The highest BCUT2D eigenvalue weighted by Gasteiger charge is 2.16. The van der Waals surface area contributed by atoms with Crippen molar-refractivity contribution in [3.05, 3.63) is 207 Å². The lowest BCUT2D eigenvalue weighted by Crippen LogP contribution is -1.94. The maximum Gasteiger partial charge on any atom is 0.0702 e. The summed E-state index contributed by atoms with van der Waals surface area (Å²) in [5.74, 6) is 0. The van der Waals surface area contributed by atoms with Crippen LogP contribution in [0.15, 0.2) is 207 Å². The molecule has 0 fully saturated rings. The van der Waals surface area contributed by atoms with Crippen LogP contribution >= 0.6 is 0 Å². The van der Waals surface area contributed by atoms with E-state index in [-0.39, 0.29) is 0 Å². The Labute approximate surface area is 319 Å². The first-order chi connectivity index (χ1) is 27.2. The first kappa shape index (κ1) is 32.2. The van der Waals surface area contributed by atoms with Crippen molar-refractivity contribution in [1.29, 1.82) is 0 Å². The van der Waals surface area contributed by atoms with E-state index in [1.807, 2.05) is 73.2 Å². The Balaban J connectivity index is 1.05. The molecule has 4 heteroatoms. The van der Waals surface area contributed by atoms with E-state index in [0.29, 0.717) is 0 Å². The summed E-state index contributed by atoms with van der Waals surface area (Å²) in [4.78, 5) is 14.5. The SMILES string of the molecule is c1ccc(-c2ccc(-c3ccc(-n4c5ccc(-c6ccc(-c7ccccc7)nc6)cc5c5cc(-c6ccc(-c7ccccc7)nc6)ccc54)cc3)cn2)cc1. The molecule has 0 radical (unpaired) electrons. The van der Waals surface area contributed by atoms with Gasteiger partial charge in [0.25, 0.3) is 0 Å². The van der Waals surface area contributed by atoms with Gasteiger partial charge in [-0.05, 0) is 71.3 Å². The normalized spacial score (nSPS) is 11.3. The van der Waals surface area contributed by atoms with Crippen molar-refractivity contribution < 1.29 is 0 Å². The number of benzene rings is 6. The summed E-state index contributed by atoms with van der Waals surface area (Å²) in [6, 6.07) is 66.0. The minimum atomic E-state index is 0.963. The van der Waals surface area contributed by atoms with E-state index < -0.39 is 0 Å². The first-order valence-electron chi connectivity index (χ1n) is 18.5. The van der Waals surface area contributed by atoms with Gasteiger partial charge in [-0.2, -0.15) is 0 Å². The quantitative estimate of drug-likeness (QED) is 0.166. The average Bonchev–Trinajstić information content (AvgIpc) is 3.60. The second-order valence-corrected chi connectivity index (χ2v) is 13.7. The predicted molar refractivity (Wildman–Crippen MR) is 227 cm³/mol. The number of nitrogens with zero attached hydrogens (tertiary/aromatic N) is 4. The molecular formula is C51H34N4. The van der Waals surface area contributed by atoms with Crippen molar-refractivity contribution in [1.82, 2.24) is 19.5 Å². The Morgan fingerprint density at radius 1 is 0.273 bits per heavy atom. The smallest absolute Gasteiger partial charge is 0.0702 e. The van der Waals surface area contributed by atoms with E-state index in [2.05, 4.69) is 138 Å². The molecule has 0 bridgehead atoms. The number of aromatic nitrogens is 4. The van der Waals surface area contributed by atoms with Crippen molar-refractivity contribution in [3.8, 4) is 72.8 Å². The average molecular weight is 703 g/mol. The maximum atomic E-state index is 4.84. The predicted octanol–water partition coefficient (Wildman–Crippen LogP) is 13.0. The van der Waals surface area contributed by atoms with Crippen LogP contribution in [0.2, 0.25) is 0 Å². The third-order valence-electron chi connectivity index (χ3n) is 10.4. The molecule has 258 valence electrons. The molecule has 4 heterocycles. The molecule has 10 rings (SSSR count). The van der Waals surface area contributed by atoms with Gasteiger partial charge in [0.1, 0.15) is 0 Å². The van der Waals surface area contributed by atoms with Crippen LogP contribution in [0.25, 0.3) is 94.6 Å². The van der Waals surface area contributed by atoms with E-state index in [4.69, 9.17) is 15.0 Å². The molecule has 0 amide bonds. The Hall–Kier alpha value is -7.43. The minimum absolute atomic E-state index is 0.963. The number of fused-ring (bicyclic) bond motifs is 3. The highest BCUT2D eigenvalue weighted by molar-refractivity contribution is 6.11. The zero-order valence-electron chi connectivity index (χ0n) is 29.9. The van der Waals surface area contributed by atoms with E-state index in [0.717, 1.165) is 83.9 Å². The summed E-state index contributed by atoms with van der Waals surface area (Å²) in [5, 5.41) is 2.36. The second kappa shape index (κ2) is 13.8. The minimum Gasteiger partial charge on any atom is -0.309 e. The summed E-state index contributed by atoms with van der Waals surface area (Å²) < 4.78 is 2.37. The van der Waals surface area contributed by atoms with Crippen LogP contribution in [0.3, 0.4) is 0 Å². The lowest BCUT2D eigenvalue weighted by atomic mass is 10.0. The van der Waals surface area contributed by atoms with E-state index >= 15 is 0 Å². The molecule has 0 unspecified atom stereocenters. The fraction of sp³-hybridized carbons (Fsp3) is 0. The molecule has 4 aromatic heterocycles. The zero-order chi connectivity index (χ0) is 36.6. The Morgan fingerprint density at radius 3 is 0.982 bits per heavy atom. The van der Waals surface area contributed by atoms with Gasteiger partial charge in [-0.3, -0.25) is 15.0 Å². The Morgan fingerprint density at radius 2 is 0.618 bits per heavy atom. The molecule has 0 saturated carbocycles. The summed E-state index contributed by atoms with van der Waals surface area (Å²) in [5.41, 5.74) is 16.2. The van der Waals surface area contributed by atoms with Crippen molar-refractivity contribution in [3.63, 3.8) is 0 Å². The molecule has 4 nitrogen and oxygen atoms in total. The monoisotopic (exact) mass is 702 g/mol. The molecule has 0 atom stereocenters. The van der Waals surface area contributed by atoms with E-state index in [1.54, 1.807) is 0 Å². The second-order valence-electron chi connectivity index (χ2n) is 13.7. The largest absolute Gasteiger partial charge is 0.309 e. The van der Waals surface area contributed by atoms with Crippen molar-refractivity contribution in [2.24, 2.45) is 0 Å². The fourth-order valence-corrected chi connectivity index (χ4v) is 7.50. The zero-order valence-corrected chi connectivity index (χ0v) is 29.9. The molecular weight excluding hydrogens is 669 g/mol. The molecule has 0 aliphatic carbocycles. The Bertz CT molecular complexity index is 2760. The van der Waals surface area contributed by atoms with Gasteiger partial charge in [-0.1, -0.05) is 133 Å². The lowest BCUT2D eigenvalue weighted by molar-refractivity contribution is 1.18. The van der Waals surface area contributed by atoms with Gasteiger partial charge in [0.2, 0.25) is 0 Å². The molecule has 10 aromatic rings. The van der Waals surface area contributed by atoms with Crippen LogP contribution in [-0.2, 0) is 0 Å². The van der Waals surface area contributed by atoms with Crippen LogP contribution < -0.4 is 0 Å². The van der Waals surface area contributed by atoms with Crippen LogP contribution in [0, 0.1) is 0 Å². The summed E-state index contributed by atoms with van der Waals surface area (Å²) >= 11 is 0. The van der Waals surface area contributed by atoms with Crippen LogP contribution in [0.4, 0.5) is 0 Å². The van der Waals surface area contributed by atoms with Crippen molar-refractivity contribution in [2.75, 3.05) is 0 Å². The molecule has 0 spiro atoms. The third-order valence-corrected chi connectivity index (χ3v) is 10.4. The topological polar surface area (TPSA) is 43.6 Å². The van der Waals surface area contributed by atoms with Crippen molar-refractivity contribution in [2.45, 2.75) is 0 Å². The van der Waals surface area contributed by atoms with Crippen molar-refractivity contribution >= 4 is 21.8 Å². The van der Waals surface area contributed by atoms with Gasteiger partial charge in [-0.15, -0.1) is 0 Å². The maximum absolute atomic E-state index is 4.84.